The van der Waals surface area contributed by atoms with Crippen molar-refractivity contribution in [3.63, 3.8) is 0 Å². The molecule has 0 aliphatic heterocycles. The van der Waals surface area contributed by atoms with Gasteiger partial charge in [-0.25, -0.2) is 0 Å². The van der Waals surface area contributed by atoms with Gasteiger partial charge in [-0.05, 0) is 31.7 Å². The standard InChI is InChI=1S/C9H14N2O/c1-6-7-4-3-5-8(12)9(7)10-11(6)2/h8,12H,3-5H2,1-2H3. The molecular formula is C9H14N2O. The molecule has 1 aliphatic rings. The highest BCUT2D eigenvalue weighted by Gasteiger charge is 2.23. The van der Waals surface area contributed by atoms with Crippen molar-refractivity contribution in [2.75, 3.05) is 0 Å². The number of rotatable bonds is 0. The number of nitrogens with zero attached hydrogens (tertiary/aromatic N) is 2. The average molecular weight is 166 g/mol. The quantitative estimate of drug-likeness (QED) is 0.626. The summed E-state index contributed by atoms with van der Waals surface area (Å²) in [6.07, 6.45) is 2.70. The molecule has 1 aromatic rings. The van der Waals surface area contributed by atoms with Gasteiger partial charge in [0.25, 0.3) is 0 Å². The van der Waals surface area contributed by atoms with Gasteiger partial charge in [-0.1, -0.05) is 0 Å². The highest BCUT2D eigenvalue weighted by molar-refractivity contribution is 5.29. The molecule has 0 saturated heterocycles. The molecule has 1 heterocycles. The zero-order chi connectivity index (χ0) is 8.72. The van der Waals surface area contributed by atoms with Gasteiger partial charge in [-0.15, -0.1) is 0 Å². The summed E-state index contributed by atoms with van der Waals surface area (Å²) in [6.45, 7) is 2.06. The van der Waals surface area contributed by atoms with Crippen LogP contribution in [0.1, 0.15) is 35.9 Å². The molecule has 0 spiro atoms. The molecule has 3 nitrogen and oxygen atoms in total. The Bertz CT molecular complexity index is 304. The van der Waals surface area contributed by atoms with Crippen LogP contribution in [-0.4, -0.2) is 14.9 Å². The number of fused-ring (bicyclic) bond motifs is 1. The molecule has 0 saturated carbocycles. The van der Waals surface area contributed by atoms with Crippen LogP contribution in [0.25, 0.3) is 0 Å². The first-order valence-electron chi connectivity index (χ1n) is 4.40. The van der Waals surface area contributed by atoms with Gasteiger partial charge in [-0.2, -0.15) is 5.10 Å². The molecular weight excluding hydrogens is 152 g/mol. The molecule has 1 atom stereocenters. The van der Waals surface area contributed by atoms with E-state index in [1.807, 2.05) is 11.7 Å². The number of aliphatic hydroxyl groups is 1. The number of hydrogen-bond donors (Lipinski definition) is 1. The molecule has 0 fully saturated rings. The summed E-state index contributed by atoms with van der Waals surface area (Å²) in [4.78, 5) is 0. The van der Waals surface area contributed by atoms with E-state index in [-0.39, 0.29) is 6.10 Å². The van der Waals surface area contributed by atoms with Crippen LogP contribution >= 0.6 is 0 Å². The van der Waals surface area contributed by atoms with Gasteiger partial charge in [-0.3, -0.25) is 4.68 Å². The highest BCUT2D eigenvalue weighted by atomic mass is 16.3. The van der Waals surface area contributed by atoms with Crippen LogP contribution in [0.3, 0.4) is 0 Å². The Kier molecular flexibility index (Phi) is 1.68. The molecule has 0 amide bonds. The molecule has 66 valence electrons. The Morgan fingerprint density at radius 2 is 2.33 bits per heavy atom. The van der Waals surface area contributed by atoms with Gasteiger partial charge < -0.3 is 5.11 Å². The van der Waals surface area contributed by atoms with Crippen LogP contribution in [0, 0.1) is 6.92 Å². The maximum absolute atomic E-state index is 9.62. The molecule has 1 aliphatic carbocycles. The van der Waals surface area contributed by atoms with E-state index in [2.05, 4.69) is 12.0 Å². The molecule has 0 radical (unpaired) electrons. The topological polar surface area (TPSA) is 38.0 Å². The minimum atomic E-state index is -0.325. The molecule has 0 bridgehead atoms. The maximum atomic E-state index is 9.62. The Morgan fingerprint density at radius 1 is 1.58 bits per heavy atom. The van der Waals surface area contributed by atoms with Crippen molar-refractivity contribution >= 4 is 0 Å². The Morgan fingerprint density at radius 3 is 3.00 bits per heavy atom. The summed E-state index contributed by atoms with van der Waals surface area (Å²) in [5, 5.41) is 13.9. The van der Waals surface area contributed by atoms with Crippen molar-refractivity contribution in [1.29, 1.82) is 0 Å². The summed E-state index contributed by atoms with van der Waals surface area (Å²) in [7, 11) is 1.93. The molecule has 1 unspecified atom stereocenters. The number of aliphatic hydroxyl groups excluding tert-OH is 1. The molecule has 1 aromatic heterocycles. The minimum Gasteiger partial charge on any atom is -0.387 e. The second kappa shape index (κ2) is 2.59. The van der Waals surface area contributed by atoms with Crippen molar-refractivity contribution in [2.24, 2.45) is 7.05 Å². The normalized spacial score (nSPS) is 22.4. The van der Waals surface area contributed by atoms with Crippen molar-refractivity contribution in [3.8, 4) is 0 Å². The monoisotopic (exact) mass is 166 g/mol. The second-order valence-corrected chi connectivity index (χ2v) is 3.48. The van der Waals surface area contributed by atoms with E-state index in [4.69, 9.17) is 0 Å². The lowest BCUT2D eigenvalue weighted by Gasteiger charge is -2.15. The van der Waals surface area contributed by atoms with Crippen molar-refractivity contribution in [3.05, 3.63) is 17.0 Å². The van der Waals surface area contributed by atoms with E-state index < -0.39 is 0 Å². The number of aryl methyl sites for hydroxylation is 1. The van der Waals surface area contributed by atoms with E-state index >= 15 is 0 Å². The third-order valence-corrected chi connectivity index (χ3v) is 2.71. The van der Waals surface area contributed by atoms with Crippen LogP contribution in [0.2, 0.25) is 0 Å². The van der Waals surface area contributed by atoms with Crippen LogP contribution in [-0.2, 0) is 13.5 Å². The lowest BCUT2D eigenvalue weighted by molar-refractivity contribution is 0.151. The van der Waals surface area contributed by atoms with E-state index in [1.54, 1.807) is 0 Å². The maximum Gasteiger partial charge on any atom is 0.0981 e. The van der Waals surface area contributed by atoms with Crippen molar-refractivity contribution in [1.82, 2.24) is 9.78 Å². The largest absolute Gasteiger partial charge is 0.387 e. The van der Waals surface area contributed by atoms with Crippen molar-refractivity contribution in [2.45, 2.75) is 32.3 Å². The molecule has 2 rings (SSSR count). The molecule has 1 N–H and O–H groups in total. The van der Waals surface area contributed by atoms with E-state index in [0.29, 0.717) is 0 Å². The summed E-state index contributed by atoms with van der Waals surface area (Å²) in [6, 6.07) is 0. The summed E-state index contributed by atoms with van der Waals surface area (Å²) < 4.78 is 1.86. The summed E-state index contributed by atoms with van der Waals surface area (Å²) >= 11 is 0. The van der Waals surface area contributed by atoms with Crippen molar-refractivity contribution < 1.29 is 5.11 Å². The molecule has 12 heavy (non-hydrogen) atoms. The average Bonchev–Trinajstić information content (AvgIpc) is 2.32. The van der Waals surface area contributed by atoms with Gasteiger partial charge in [0.1, 0.15) is 0 Å². The SMILES string of the molecule is Cc1c2c(nn1C)C(O)CCC2. The smallest absolute Gasteiger partial charge is 0.0981 e. The zero-order valence-corrected chi connectivity index (χ0v) is 7.54. The van der Waals surface area contributed by atoms with E-state index in [0.717, 1.165) is 25.0 Å². The van der Waals surface area contributed by atoms with Gasteiger partial charge in [0.15, 0.2) is 0 Å². The molecule has 3 heteroatoms. The fourth-order valence-electron chi connectivity index (χ4n) is 1.86. The second-order valence-electron chi connectivity index (χ2n) is 3.48. The first kappa shape index (κ1) is 7.80. The van der Waals surface area contributed by atoms with Gasteiger partial charge in [0, 0.05) is 12.7 Å². The first-order chi connectivity index (χ1) is 5.70. The lowest BCUT2D eigenvalue weighted by atomic mass is 9.94. The highest BCUT2D eigenvalue weighted by Crippen LogP contribution is 2.29. The number of aromatic nitrogens is 2. The third kappa shape index (κ3) is 0.966. The fourth-order valence-corrected chi connectivity index (χ4v) is 1.86. The van der Waals surface area contributed by atoms with Gasteiger partial charge in [0.05, 0.1) is 11.8 Å². The zero-order valence-electron chi connectivity index (χ0n) is 7.54. The summed E-state index contributed by atoms with van der Waals surface area (Å²) in [5.74, 6) is 0. The fraction of sp³-hybridized carbons (Fsp3) is 0.667. The van der Waals surface area contributed by atoms with Crippen LogP contribution in [0.4, 0.5) is 0 Å². The molecule has 0 aromatic carbocycles. The Balaban J connectivity index is 2.52. The van der Waals surface area contributed by atoms with E-state index in [1.165, 1.54) is 11.3 Å². The van der Waals surface area contributed by atoms with Gasteiger partial charge in [0.2, 0.25) is 0 Å². The summed E-state index contributed by atoms with van der Waals surface area (Å²) in [5.41, 5.74) is 3.36. The Labute approximate surface area is 72.0 Å². The predicted molar refractivity (Wildman–Crippen MR) is 45.8 cm³/mol. The third-order valence-electron chi connectivity index (χ3n) is 2.71. The Hall–Kier alpha value is -0.830. The lowest BCUT2D eigenvalue weighted by Crippen LogP contribution is -2.08. The predicted octanol–water partition coefficient (Wildman–Crippen LogP) is 1.10. The van der Waals surface area contributed by atoms with Crippen LogP contribution in [0.15, 0.2) is 0 Å². The number of hydrogen-bond acceptors (Lipinski definition) is 2. The first-order valence-corrected chi connectivity index (χ1v) is 4.40. The van der Waals surface area contributed by atoms with Crippen LogP contribution in [0.5, 0.6) is 0 Å². The van der Waals surface area contributed by atoms with E-state index in [9.17, 15) is 5.11 Å². The minimum absolute atomic E-state index is 0.325. The van der Waals surface area contributed by atoms with Crippen LogP contribution < -0.4 is 0 Å². The van der Waals surface area contributed by atoms with Gasteiger partial charge >= 0.3 is 0 Å².